The third-order valence-electron chi connectivity index (χ3n) is 1.90. The molecule has 0 bridgehead atoms. The van der Waals surface area contributed by atoms with Gasteiger partial charge in [-0.1, -0.05) is 50.3 Å². The van der Waals surface area contributed by atoms with Gasteiger partial charge in [0.25, 0.3) is 0 Å². The van der Waals surface area contributed by atoms with Gasteiger partial charge in [0.05, 0.1) is 0 Å². The lowest BCUT2D eigenvalue weighted by molar-refractivity contribution is 0.758. The minimum atomic E-state index is -0.229. The lowest BCUT2D eigenvalue weighted by atomic mass is 10.0. The highest BCUT2D eigenvalue weighted by atomic mass is 19.1. The minimum absolute atomic E-state index is 0.229. The molecular weight excluding hydrogens is 187 g/mol. The molecule has 82 valence electrons. The van der Waals surface area contributed by atoms with Gasteiger partial charge in [0.2, 0.25) is 0 Å². The van der Waals surface area contributed by atoms with Crippen molar-refractivity contribution < 1.29 is 4.39 Å². The van der Waals surface area contributed by atoms with E-state index in [1.54, 1.807) is 6.07 Å². The van der Waals surface area contributed by atoms with E-state index in [4.69, 9.17) is 0 Å². The Kier molecular flexibility index (Phi) is 6.35. The Labute approximate surface area is 92.1 Å². The van der Waals surface area contributed by atoms with Crippen LogP contribution in [0.3, 0.4) is 0 Å². The minimum Gasteiger partial charge on any atom is -0.206 e. The number of rotatable bonds is 2. The summed E-state index contributed by atoms with van der Waals surface area (Å²) in [6, 6.07) is 5.66. The summed E-state index contributed by atoms with van der Waals surface area (Å²) < 4.78 is 13.3. The summed E-state index contributed by atoms with van der Waals surface area (Å²) in [5.74, 6) is -0.229. The Morgan fingerprint density at radius 2 is 1.87 bits per heavy atom. The molecule has 1 aromatic rings. The normalized spacial score (nSPS) is 10.3. The molecule has 1 aromatic carbocycles. The Bertz CT molecular complexity index is 348. The Balaban J connectivity index is 0.000000921. The van der Waals surface area contributed by atoms with Gasteiger partial charge in [-0.15, -0.1) is 0 Å². The first-order chi connectivity index (χ1) is 7.15. The second-order valence-corrected chi connectivity index (χ2v) is 3.07. The topological polar surface area (TPSA) is 0 Å². The fraction of sp³-hybridized carbons (Fsp3) is 0.286. The van der Waals surface area contributed by atoms with Crippen molar-refractivity contribution >= 4 is 5.83 Å². The maximum Gasteiger partial charge on any atom is 0.130 e. The van der Waals surface area contributed by atoms with Gasteiger partial charge in [-0.2, -0.15) is 0 Å². The SMILES string of the molecule is C=C/C=C(/F)c1ccc(C)cc1C.CC. The molecule has 0 aliphatic carbocycles. The summed E-state index contributed by atoms with van der Waals surface area (Å²) in [5.41, 5.74) is 2.74. The van der Waals surface area contributed by atoms with Gasteiger partial charge < -0.3 is 0 Å². The first kappa shape index (κ1) is 13.6. The van der Waals surface area contributed by atoms with Gasteiger partial charge >= 0.3 is 0 Å². The maximum atomic E-state index is 13.3. The molecule has 0 radical (unpaired) electrons. The largest absolute Gasteiger partial charge is 0.206 e. The zero-order valence-corrected chi connectivity index (χ0v) is 9.97. The van der Waals surface area contributed by atoms with E-state index < -0.39 is 0 Å². The Hall–Kier alpha value is -1.37. The second kappa shape index (κ2) is 6.99. The average molecular weight is 206 g/mol. The monoisotopic (exact) mass is 206 g/mol. The number of aryl methyl sites for hydroxylation is 2. The molecule has 0 atom stereocenters. The molecule has 1 rings (SSSR count). The van der Waals surface area contributed by atoms with Crippen LogP contribution in [0.2, 0.25) is 0 Å². The van der Waals surface area contributed by atoms with Crippen molar-refractivity contribution in [2.45, 2.75) is 27.7 Å². The molecule has 0 aromatic heterocycles. The molecule has 0 heterocycles. The van der Waals surface area contributed by atoms with E-state index in [9.17, 15) is 4.39 Å². The van der Waals surface area contributed by atoms with Crippen molar-refractivity contribution in [1.29, 1.82) is 0 Å². The molecule has 0 aliphatic heterocycles. The highest BCUT2D eigenvalue weighted by Gasteiger charge is 2.02. The third-order valence-corrected chi connectivity index (χ3v) is 1.90. The van der Waals surface area contributed by atoms with Crippen molar-refractivity contribution in [3.8, 4) is 0 Å². The van der Waals surface area contributed by atoms with E-state index in [0.717, 1.165) is 11.1 Å². The number of benzene rings is 1. The maximum absolute atomic E-state index is 13.3. The molecule has 0 unspecified atom stereocenters. The lowest BCUT2D eigenvalue weighted by Crippen LogP contribution is -1.85. The van der Waals surface area contributed by atoms with Crippen LogP contribution in [-0.2, 0) is 0 Å². The molecule has 15 heavy (non-hydrogen) atoms. The number of hydrogen-bond donors (Lipinski definition) is 0. The van der Waals surface area contributed by atoms with Gasteiger partial charge in [-0.25, -0.2) is 4.39 Å². The lowest BCUT2D eigenvalue weighted by Gasteiger charge is -2.03. The van der Waals surface area contributed by atoms with E-state index in [2.05, 4.69) is 6.58 Å². The second-order valence-electron chi connectivity index (χ2n) is 3.07. The van der Waals surface area contributed by atoms with E-state index >= 15 is 0 Å². The van der Waals surface area contributed by atoms with E-state index in [0.29, 0.717) is 5.56 Å². The Morgan fingerprint density at radius 3 is 2.33 bits per heavy atom. The third kappa shape index (κ3) is 4.11. The van der Waals surface area contributed by atoms with Crippen LogP contribution in [0.15, 0.2) is 36.9 Å². The number of hydrogen-bond acceptors (Lipinski definition) is 0. The van der Waals surface area contributed by atoms with Gasteiger partial charge in [0, 0.05) is 5.56 Å². The Morgan fingerprint density at radius 1 is 1.27 bits per heavy atom. The quantitative estimate of drug-likeness (QED) is 0.608. The van der Waals surface area contributed by atoms with Crippen molar-refractivity contribution in [2.24, 2.45) is 0 Å². The highest BCUT2D eigenvalue weighted by molar-refractivity contribution is 5.63. The van der Waals surface area contributed by atoms with Gasteiger partial charge in [0.1, 0.15) is 5.83 Å². The van der Waals surface area contributed by atoms with Crippen LogP contribution in [0.25, 0.3) is 5.83 Å². The molecule has 0 spiro atoms. The van der Waals surface area contributed by atoms with Crippen LogP contribution in [0.5, 0.6) is 0 Å². The first-order valence-corrected chi connectivity index (χ1v) is 5.21. The van der Waals surface area contributed by atoms with Crippen molar-refractivity contribution in [3.05, 3.63) is 53.6 Å². The smallest absolute Gasteiger partial charge is 0.130 e. The number of halogens is 1. The molecule has 1 heteroatoms. The molecule has 0 saturated heterocycles. The molecule has 0 nitrogen and oxygen atoms in total. The molecule has 0 fully saturated rings. The first-order valence-electron chi connectivity index (χ1n) is 5.21. The van der Waals surface area contributed by atoms with E-state index in [-0.39, 0.29) is 5.83 Å². The summed E-state index contributed by atoms with van der Waals surface area (Å²) in [6.07, 6.45) is 2.83. The van der Waals surface area contributed by atoms with Crippen LogP contribution < -0.4 is 0 Å². The summed E-state index contributed by atoms with van der Waals surface area (Å²) in [7, 11) is 0. The molecule has 0 amide bonds. The fourth-order valence-corrected chi connectivity index (χ4v) is 1.27. The van der Waals surface area contributed by atoms with Crippen LogP contribution >= 0.6 is 0 Å². The van der Waals surface area contributed by atoms with Crippen LogP contribution in [-0.4, -0.2) is 0 Å². The van der Waals surface area contributed by atoms with Crippen LogP contribution in [0.4, 0.5) is 4.39 Å². The number of allylic oxidation sites excluding steroid dienone is 2. The van der Waals surface area contributed by atoms with Crippen LogP contribution in [0, 0.1) is 13.8 Å². The molecule has 0 N–H and O–H groups in total. The van der Waals surface area contributed by atoms with E-state index in [1.165, 1.54) is 12.2 Å². The predicted octanol–water partition coefficient (Wildman–Crippen LogP) is 4.83. The average Bonchev–Trinajstić information content (AvgIpc) is 2.21. The van der Waals surface area contributed by atoms with Crippen molar-refractivity contribution in [1.82, 2.24) is 0 Å². The fourth-order valence-electron chi connectivity index (χ4n) is 1.27. The van der Waals surface area contributed by atoms with Gasteiger partial charge in [0.15, 0.2) is 0 Å². The summed E-state index contributed by atoms with van der Waals surface area (Å²) >= 11 is 0. The highest BCUT2D eigenvalue weighted by Crippen LogP contribution is 2.20. The van der Waals surface area contributed by atoms with E-state index in [1.807, 2.05) is 39.8 Å². The van der Waals surface area contributed by atoms with Crippen molar-refractivity contribution in [3.63, 3.8) is 0 Å². The van der Waals surface area contributed by atoms with Gasteiger partial charge in [-0.3, -0.25) is 0 Å². The standard InChI is InChI=1S/C12H13F.C2H6/c1-4-5-12(13)11-7-6-9(2)8-10(11)3;1-2/h4-8H,1H2,2-3H3;1-2H3/b12-5+;. The summed E-state index contributed by atoms with van der Waals surface area (Å²) in [5, 5.41) is 0. The summed E-state index contributed by atoms with van der Waals surface area (Å²) in [6.45, 7) is 11.4. The zero-order chi connectivity index (χ0) is 11.8. The summed E-state index contributed by atoms with van der Waals surface area (Å²) in [4.78, 5) is 0. The van der Waals surface area contributed by atoms with Crippen molar-refractivity contribution in [2.75, 3.05) is 0 Å². The predicted molar refractivity (Wildman–Crippen MR) is 66.5 cm³/mol. The van der Waals surface area contributed by atoms with Crippen LogP contribution in [0.1, 0.15) is 30.5 Å². The molecule has 0 aliphatic rings. The zero-order valence-electron chi connectivity index (χ0n) is 9.97. The molecular formula is C14H19F. The van der Waals surface area contributed by atoms with Gasteiger partial charge in [-0.05, 0) is 25.5 Å². The molecule has 0 saturated carbocycles.